The van der Waals surface area contributed by atoms with Gasteiger partial charge in [0.15, 0.2) is 5.78 Å². The lowest BCUT2D eigenvalue weighted by Gasteiger charge is -2.20. The molecule has 0 aromatic carbocycles. The van der Waals surface area contributed by atoms with Gasteiger partial charge >= 0.3 is 5.97 Å². The molecule has 6 heteroatoms. The number of carbonyl (C=O) groups is 3. The van der Waals surface area contributed by atoms with Crippen LogP contribution in [0.3, 0.4) is 0 Å². The van der Waals surface area contributed by atoms with Crippen molar-refractivity contribution in [2.75, 3.05) is 13.3 Å². The third-order valence-electron chi connectivity index (χ3n) is 3.27. The highest BCUT2D eigenvalue weighted by Gasteiger charge is 2.44. The molecule has 1 N–H and O–H groups in total. The fourth-order valence-corrected chi connectivity index (χ4v) is 3.12. The molecule has 1 aliphatic heterocycles. The molecule has 1 saturated carbocycles. The maximum absolute atomic E-state index is 12.2. The molecule has 98 valence electrons. The standard InChI is InChI=1S/C12H15NO4S/c1-13-11(17)7(5-8(14)15)9(12(13)18-2)10(16)6-3-4-6/h6,12H,3-5H2,1-2H3,(H,14,15). The van der Waals surface area contributed by atoms with Gasteiger partial charge in [-0.1, -0.05) is 0 Å². The Bertz CT molecular complexity index is 453. The van der Waals surface area contributed by atoms with Crippen molar-refractivity contribution in [3.8, 4) is 0 Å². The van der Waals surface area contributed by atoms with Gasteiger partial charge in [-0.2, -0.15) is 0 Å². The maximum Gasteiger partial charge on any atom is 0.308 e. The predicted octanol–water partition coefficient (Wildman–Crippen LogP) is 0.898. The number of Topliss-reactive ketones (excluding diaryl/α,β-unsaturated/α-hetero) is 1. The number of carboxylic acid groups (broad SMARTS) is 1. The number of nitrogens with zero attached hydrogens (tertiary/aromatic N) is 1. The highest BCUT2D eigenvalue weighted by molar-refractivity contribution is 7.99. The monoisotopic (exact) mass is 269 g/mol. The summed E-state index contributed by atoms with van der Waals surface area (Å²) in [5.74, 6) is -1.45. The molecule has 0 saturated heterocycles. The number of carboxylic acids is 1. The summed E-state index contributed by atoms with van der Waals surface area (Å²) >= 11 is 1.39. The van der Waals surface area contributed by atoms with Crippen molar-refractivity contribution in [1.82, 2.24) is 4.90 Å². The highest BCUT2D eigenvalue weighted by atomic mass is 32.2. The second-order valence-electron chi connectivity index (χ2n) is 4.61. The van der Waals surface area contributed by atoms with E-state index in [2.05, 4.69) is 0 Å². The first kappa shape index (κ1) is 13.1. The zero-order valence-corrected chi connectivity index (χ0v) is 11.1. The summed E-state index contributed by atoms with van der Waals surface area (Å²) < 4.78 is 0. The molecule has 0 aromatic rings. The first-order valence-electron chi connectivity index (χ1n) is 5.76. The summed E-state index contributed by atoms with van der Waals surface area (Å²) in [4.78, 5) is 36.5. The quantitative estimate of drug-likeness (QED) is 0.802. The number of rotatable bonds is 5. The average Bonchev–Trinajstić information content (AvgIpc) is 3.11. The van der Waals surface area contributed by atoms with Gasteiger partial charge < -0.3 is 10.0 Å². The van der Waals surface area contributed by atoms with Crippen LogP contribution < -0.4 is 0 Å². The largest absolute Gasteiger partial charge is 0.481 e. The fourth-order valence-electron chi connectivity index (χ4n) is 2.21. The van der Waals surface area contributed by atoms with Crippen LogP contribution >= 0.6 is 11.8 Å². The van der Waals surface area contributed by atoms with Crippen LogP contribution in [0.5, 0.6) is 0 Å². The van der Waals surface area contributed by atoms with Crippen molar-refractivity contribution >= 4 is 29.4 Å². The molecular formula is C12H15NO4S. The maximum atomic E-state index is 12.2. The summed E-state index contributed by atoms with van der Waals surface area (Å²) in [7, 11) is 1.61. The van der Waals surface area contributed by atoms with Gasteiger partial charge in [0.05, 0.1) is 6.42 Å². The molecule has 1 amide bonds. The molecular weight excluding hydrogens is 254 g/mol. The molecule has 1 fully saturated rings. The van der Waals surface area contributed by atoms with Gasteiger partial charge in [-0.25, -0.2) is 0 Å². The normalized spacial score (nSPS) is 23.8. The molecule has 0 spiro atoms. The first-order chi connectivity index (χ1) is 8.47. The molecule has 2 aliphatic rings. The Balaban J connectivity index is 2.40. The van der Waals surface area contributed by atoms with Crippen molar-refractivity contribution in [2.45, 2.75) is 24.6 Å². The van der Waals surface area contributed by atoms with Gasteiger partial charge in [0.1, 0.15) is 5.37 Å². The second kappa shape index (κ2) is 4.76. The smallest absolute Gasteiger partial charge is 0.308 e. The Morgan fingerprint density at radius 1 is 1.44 bits per heavy atom. The van der Waals surface area contributed by atoms with Crippen molar-refractivity contribution in [3.05, 3.63) is 11.1 Å². The van der Waals surface area contributed by atoms with Crippen LogP contribution in [0.4, 0.5) is 0 Å². The summed E-state index contributed by atoms with van der Waals surface area (Å²) in [5.41, 5.74) is 0.584. The van der Waals surface area contributed by atoms with Gasteiger partial charge in [-0.05, 0) is 19.1 Å². The Labute approximate surface area is 109 Å². The minimum Gasteiger partial charge on any atom is -0.481 e. The number of carbonyl (C=O) groups excluding carboxylic acids is 2. The minimum atomic E-state index is -1.07. The third kappa shape index (κ3) is 2.16. The lowest BCUT2D eigenvalue weighted by atomic mass is 10.0. The van der Waals surface area contributed by atoms with Crippen LogP contribution in [0, 0.1) is 5.92 Å². The van der Waals surface area contributed by atoms with Gasteiger partial charge in [-0.15, -0.1) is 11.8 Å². The Morgan fingerprint density at radius 2 is 2.06 bits per heavy atom. The van der Waals surface area contributed by atoms with E-state index in [9.17, 15) is 14.4 Å². The number of thioether (sulfide) groups is 1. The predicted molar refractivity (Wildman–Crippen MR) is 67.1 cm³/mol. The molecule has 0 radical (unpaired) electrons. The number of aliphatic carboxylic acids is 1. The van der Waals surface area contributed by atoms with E-state index in [-0.39, 0.29) is 35.0 Å². The van der Waals surface area contributed by atoms with Gasteiger partial charge in [0.2, 0.25) is 0 Å². The summed E-state index contributed by atoms with van der Waals surface area (Å²) in [6, 6.07) is 0. The summed E-state index contributed by atoms with van der Waals surface area (Å²) in [6.07, 6.45) is 3.15. The zero-order chi connectivity index (χ0) is 13.4. The van der Waals surface area contributed by atoms with Crippen LogP contribution in [-0.4, -0.2) is 46.3 Å². The number of ketones is 1. The molecule has 1 heterocycles. The van der Waals surface area contributed by atoms with Gasteiger partial charge in [0, 0.05) is 24.1 Å². The molecule has 0 bridgehead atoms. The van der Waals surface area contributed by atoms with E-state index in [0.717, 1.165) is 12.8 Å². The fraction of sp³-hybridized carbons (Fsp3) is 0.583. The Kier molecular flexibility index (Phi) is 3.47. The molecule has 1 atom stereocenters. The number of hydrogen-bond acceptors (Lipinski definition) is 4. The second-order valence-corrected chi connectivity index (χ2v) is 5.52. The van der Waals surface area contributed by atoms with E-state index in [1.54, 1.807) is 7.05 Å². The van der Waals surface area contributed by atoms with Crippen LogP contribution in [0.15, 0.2) is 11.1 Å². The van der Waals surface area contributed by atoms with E-state index >= 15 is 0 Å². The summed E-state index contributed by atoms with van der Waals surface area (Å²) in [5, 5.41) is 8.53. The van der Waals surface area contributed by atoms with Gasteiger partial charge in [-0.3, -0.25) is 14.4 Å². The van der Waals surface area contributed by atoms with Crippen LogP contribution in [0.2, 0.25) is 0 Å². The van der Waals surface area contributed by atoms with Crippen LogP contribution in [0.1, 0.15) is 19.3 Å². The molecule has 1 aliphatic carbocycles. The number of hydrogen-bond donors (Lipinski definition) is 1. The van der Waals surface area contributed by atoms with Crippen molar-refractivity contribution in [3.63, 3.8) is 0 Å². The molecule has 2 rings (SSSR count). The van der Waals surface area contributed by atoms with E-state index in [4.69, 9.17) is 5.11 Å². The van der Waals surface area contributed by atoms with Crippen LogP contribution in [-0.2, 0) is 14.4 Å². The lowest BCUT2D eigenvalue weighted by Crippen LogP contribution is -2.30. The SMILES string of the molecule is CSC1C(C(=O)C2CC2)=C(CC(=O)O)C(=O)N1C. The van der Waals surface area contributed by atoms with Crippen molar-refractivity contribution in [1.29, 1.82) is 0 Å². The lowest BCUT2D eigenvalue weighted by molar-refractivity contribution is -0.137. The minimum absolute atomic E-state index is 0.00209. The van der Waals surface area contributed by atoms with Crippen molar-refractivity contribution < 1.29 is 19.5 Å². The highest BCUT2D eigenvalue weighted by Crippen LogP contribution is 2.40. The molecule has 0 aromatic heterocycles. The van der Waals surface area contributed by atoms with E-state index < -0.39 is 5.97 Å². The van der Waals surface area contributed by atoms with E-state index in [0.29, 0.717) is 5.57 Å². The van der Waals surface area contributed by atoms with Gasteiger partial charge in [0.25, 0.3) is 5.91 Å². The average molecular weight is 269 g/mol. The summed E-state index contributed by atoms with van der Waals surface area (Å²) in [6.45, 7) is 0. The number of amides is 1. The molecule has 1 unspecified atom stereocenters. The molecule has 18 heavy (non-hydrogen) atoms. The zero-order valence-electron chi connectivity index (χ0n) is 10.3. The third-order valence-corrected chi connectivity index (χ3v) is 4.27. The topological polar surface area (TPSA) is 74.7 Å². The van der Waals surface area contributed by atoms with Crippen molar-refractivity contribution in [2.24, 2.45) is 5.92 Å². The Hall–Kier alpha value is -1.30. The first-order valence-corrected chi connectivity index (χ1v) is 7.05. The molecule has 5 nitrogen and oxygen atoms in total. The van der Waals surface area contributed by atoms with E-state index in [1.165, 1.54) is 16.7 Å². The number of likely N-dealkylation sites (N-methyl/N-ethyl adjacent to an activating group) is 1. The van der Waals surface area contributed by atoms with Crippen LogP contribution in [0.25, 0.3) is 0 Å². The van der Waals surface area contributed by atoms with E-state index in [1.807, 2.05) is 6.26 Å². The Morgan fingerprint density at radius 3 is 2.50 bits per heavy atom.